The van der Waals surface area contributed by atoms with Crippen LogP contribution in [0.5, 0.6) is 0 Å². The van der Waals surface area contributed by atoms with Gasteiger partial charge >= 0.3 is 11.9 Å². The molecule has 0 saturated heterocycles. The zero-order chi connectivity index (χ0) is 15.3. The number of benzene rings is 1. The van der Waals surface area contributed by atoms with E-state index in [1.165, 1.54) is 32.2 Å². The van der Waals surface area contributed by atoms with Gasteiger partial charge in [-0.3, -0.25) is 4.79 Å². The molecule has 0 aliphatic heterocycles. The standard InChI is InChI=1S/C12H15NO6S/c1-8(11(14)18-2)13-20(16,17)10-6-4-5-9(7-10)12(15)19-3/h4-8,13H,1-3H3. The number of esters is 2. The molecule has 0 amide bonds. The predicted molar refractivity (Wildman–Crippen MR) is 69.6 cm³/mol. The third kappa shape index (κ3) is 3.78. The van der Waals surface area contributed by atoms with Crippen LogP contribution >= 0.6 is 0 Å². The first kappa shape index (κ1) is 16.1. The maximum absolute atomic E-state index is 12.1. The monoisotopic (exact) mass is 301 g/mol. The number of ether oxygens (including phenoxy) is 2. The van der Waals surface area contributed by atoms with Crippen LogP contribution in [0.4, 0.5) is 0 Å². The quantitative estimate of drug-likeness (QED) is 0.786. The van der Waals surface area contributed by atoms with Gasteiger partial charge in [0.1, 0.15) is 6.04 Å². The van der Waals surface area contributed by atoms with Gasteiger partial charge in [0.2, 0.25) is 10.0 Å². The largest absolute Gasteiger partial charge is 0.468 e. The number of rotatable bonds is 5. The van der Waals surface area contributed by atoms with Gasteiger partial charge in [-0.2, -0.15) is 4.72 Å². The predicted octanol–water partition coefficient (Wildman–Crippen LogP) is 0.313. The van der Waals surface area contributed by atoms with Crippen LogP contribution in [0.1, 0.15) is 17.3 Å². The normalized spacial score (nSPS) is 12.6. The number of nitrogens with one attached hydrogen (secondary N) is 1. The number of hydrogen-bond acceptors (Lipinski definition) is 6. The van der Waals surface area contributed by atoms with Gasteiger partial charge in [0, 0.05) is 0 Å². The fourth-order valence-electron chi connectivity index (χ4n) is 1.43. The maximum Gasteiger partial charge on any atom is 0.337 e. The van der Waals surface area contributed by atoms with Gasteiger partial charge in [-0.15, -0.1) is 0 Å². The summed E-state index contributed by atoms with van der Waals surface area (Å²) in [5.74, 6) is -1.36. The van der Waals surface area contributed by atoms with Gasteiger partial charge < -0.3 is 9.47 Å². The molecular formula is C12H15NO6S. The summed E-state index contributed by atoms with van der Waals surface area (Å²) >= 11 is 0. The van der Waals surface area contributed by atoms with E-state index in [1.807, 2.05) is 0 Å². The molecule has 1 unspecified atom stereocenters. The minimum absolute atomic E-state index is 0.0982. The molecule has 1 aromatic rings. The molecule has 0 bridgehead atoms. The molecule has 1 rings (SSSR count). The average molecular weight is 301 g/mol. The van der Waals surface area contributed by atoms with Crippen molar-refractivity contribution in [3.05, 3.63) is 29.8 Å². The highest BCUT2D eigenvalue weighted by atomic mass is 32.2. The summed E-state index contributed by atoms with van der Waals surface area (Å²) in [6.45, 7) is 1.35. The Hall–Kier alpha value is -1.93. The molecule has 0 aliphatic carbocycles. The van der Waals surface area contributed by atoms with E-state index >= 15 is 0 Å². The Kier molecular flexibility index (Phi) is 5.23. The third-order valence-corrected chi connectivity index (χ3v) is 3.99. The molecule has 0 aromatic heterocycles. The first-order chi connectivity index (χ1) is 9.31. The van der Waals surface area contributed by atoms with E-state index in [1.54, 1.807) is 0 Å². The second-order valence-electron chi connectivity index (χ2n) is 3.89. The highest BCUT2D eigenvalue weighted by Crippen LogP contribution is 2.13. The lowest BCUT2D eigenvalue weighted by Gasteiger charge is -2.12. The zero-order valence-electron chi connectivity index (χ0n) is 11.2. The van der Waals surface area contributed by atoms with Crippen molar-refractivity contribution in [1.29, 1.82) is 0 Å². The van der Waals surface area contributed by atoms with Crippen molar-refractivity contribution in [2.24, 2.45) is 0 Å². The van der Waals surface area contributed by atoms with E-state index in [-0.39, 0.29) is 10.5 Å². The Labute approximate surface area is 116 Å². The summed E-state index contributed by atoms with van der Waals surface area (Å²) < 4.78 is 35.2. The molecule has 0 heterocycles. The first-order valence-corrected chi connectivity index (χ1v) is 7.08. The highest BCUT2D eigenvalue weighted by Gasteiger charge is 2.23. The van der Waals surface area contributed by atoms with E-state index in [4.69, 9.17) is 0 Å². The summed E-state index contributed by atoms with van der Waals surface area (Å²) in [5, 5.41) is 0. The van der Waals surface area contributed by atoms with E-state index in [2.05, 4.69) is 14.2 Å². The summed E-state index contributed by atoms with van der Waals surface area (Å²) in [6, 6.07) is 4.27. The van der Waals surface area contributed by atoms with Crippen LogP contribution in [0.25, 0.3) is 0 Å². The van der Waals surface area contributed by atoms with Crippen LogP contribution < -0.4 is 4.72 Å². The Morgan fingerprint density at radius 3 is 2.40 bits per heavy atom. The molecule has 0 saturated carbocycles. The van der Waals surface area contributed by atoms with Crippen LogP contribution in [0.3, 0.4) is 0 Å². The Bertz CT molecular complexity index is 610. The Balaban J connectivity index is 3.04. The summed E-state index contributed by atoms with van der Waals surface area (Å²) in [7, 11) is -1.58. The van der Waals surface area contributed by atoms with Crippen molar-refractivity contribution < 1.29 is 27.5 Å². The van der Waals surface area contributed by atoms with Crippen LogP contribution in [0.15, 0.2) is 29.2 Å². The number of carbonyl (C=O) groups excluding carboxylic acids is 2. The van der Waals surface area contributed by atoms with Crippen molar-refractivity contribution in [3.63, 3.8) is 0 Å². The topological polar surface area (TPSA) is 98.8 Å². The number of methoxy groups -OCH3 is 2. The molecule has 0 spiro atoms. The van der Waals surface area contributed by atoms with Crippen molar-refractivity contribution in [1.82, 2.24) is 4.72 Å². The molecule has 0 aliphatic rings. The van der Waals surface area contributed by atoms with E-state index in [0.717, 1.165) is 13.2 Å². The second-order valence-corrected chi connectivity index (χ2v) is 5.60. The van der Waals surface area contributed by atoms with E-state index in [9.17, 15) is 18.0 Å². The van der Waals surface area contributed by atoms with Crippen LogP contribution in [-0.2, 0) is 24.3 Å². The first-order valence-electron chi connectivity index (χ1n) is 5.60. The van der Waals surface area contributed by atoms with Crippen LogP contribution in [0, 0.1) is 0 Å². The molecule has 1 N–H and O–H groups in total. The fourth-order valence-corrected chi connectivity index (χ4v) is 2.67. The van der Waals surface area contributed by atoms with E-state index in [0.29, 0.717) is 0 Å². The van der Waals surface area contributed by atoms with Crippen molar-refractivity contribution in [2.45, 2.75) is 17.9 Å². The fraction of sp³-hybridized carbons (Fsp3) is 0.333. The van der Waals surface area contributed by atoms with Crippen molar-refractivity contribution >= 4 is 22.0 Å². The Morgan fingerprint density at radius 2 is 1.85 bits per heavy atom. The maximum atomic E-state index is 12.1. The molecule has 110 valence electrons. The molecule has 8 heteroatoms. The van der Waals surface area contributed by atoms with Gasteiger partial charge in [0.25, 0.3) is 0 Å². The highest BCUT2D eigenvalue weighted by molar-refractivity contribution is 7.89. The molecule has 1 aromatic carbocycles. The molecule has 7 nitrogen and oxygen atoms in total. The lowest BCUT2D eigenvalue weighted by molar-refractivity contribution is -0.142. The lowest BCUT2D eigenvalue weighted by atomic mass is 10.2. The number of hydrogen-bond donors (Lipinski definition) is 1. The number of carbonyl (C=O) groups is 2. The molecule has 0 radical (unpaired) electrons. The summed E-state index contributed by atoms with van der Waals surface area (Å²) in [5.41, 5.74) is 0.0982. The third-order valence-electron chi connectivity index (χ3n) is 2.45. The van der Waals surface area contributed by atoms with Gasteiger partial charge in [-0.05, 0) is 25.1 Å². The zero-order valence-corrected chi connectivity index (χ0v) is 12.1. The molecule has 1 atom stereocenters. The minimum atomic E-state index is -3.94. The van der Waals surface area contributed by atoms with Gasteiger partial charge in [0.15, 0.2) is 0 Å². The minimum Gasteiger partial charge on any atom is -0.468 e. The Morgan fingerprint density at radius 1 is 1.20 bits per heavy atom. The van der Waals surface area contributed by atoms with Crippen LogP contribution in [-0.4, -0.2) is 40.6 Å². The van der Waals surface area contributed by atoms with Gasteiger partial charge in [-0.25, -0.2) is 13.2 Å². The van der Waals surface area contributed by atoms with Crippen molar-refractivity contribution in [2.75, 3.05) is 14.2 Å². The second kappa shape index (κ2) is 6.49. The van der Waals surface area contributed by atoms with Crippen molar-refractivity contribution in [3.8, 4) is 0 Å². The van der Waals surface area contributed by atoms with Gasteiger partial charge in [-0.1, -0.05) is 6.07 Å². The average Bonchev–Trinajstić information content (AvgIpc) is 2.45. The molecule has 20 heavy (non-hydrogen) atoms. The molecular weight excluding hydrogens is 286 g/mol. The summed E-state index contributed by atoms with van der Waals surface area (Å²) in [6.07, 6.45) is 0. The SMILES string of the molecule is COC(=O)c1cccc(S(=O)(=O)NC(C)C(=O)OC)c1. The van der Waals surface area contributed by atoms with Crippen LogP contribution in [0.2, 0.25) is 0 Å². The van der Waals surface area contributed by atoms with E-state index < -0.39 is 28.0 Å². The lowest BCUT2D eigenvalue weighted by Crippen LogP contribution is -2.39. The summed E-state index contributed by atoms with van der Waals surface area (Å²) in [4.78, 5) is 22.4. The van der Waals surface area contributed by atoms with Gasteiger partial charge in [0.05, 0.1) is 24.7 Å². The molecule has 0 fully saturated rings. The smallest absolute Gasteiger partial charge is 0.337 e. The number of sulfonamides is 1.